The van der Waals surface area contributed by atoms with E-state index in [9.17, 15) is 0 Å². The maximum atomic E-state index is 6.21. The Morgan fingerprint density at radius 2 is 2.05 bits per heavy atom. The lowest BCUT2D eigenvalue weighted by Gasteiger charge is -2.43. The van der Waals surface area contributed by atoms with Gasteiger partial charge in [0.15, 0.2) is 0 Å². The van der Waals surface area contributed by atoms with Crippen molar-refractivity contribution in [1.29, 1.82) is 0 Å². The fourth-order valence-electron chi connectivity index (χ4n) is 3.46. The highest BCUT2D eigenvalue weighted by Crippen LogP contribution is 2.34. The zero-order valence-corrected chi connectivity index (χ0v) is 15.4. The van der Waals surface area contributed by atoms with Crippen LogP contribution in [0.4, 0.5) is 5.69 Å². The smallest absolute Gasteiger partial charge is 0.0402 e. The molecule has 2 N–H and O–H groups in total. The topological polar surface area (TPSA) is 29.3 Å². The summed E-state index contributed by atoms with van der Waals surface area (Å²) in [6, 6.07) is 7.52. The second-order valence-electron chi connectivity index (χ2n) is 6.86. The minimum Gasteiger partial charge on any atom is -0.368 e. The van der Waals surface area contributed by atoms with Crippen LogP contribution >= 0.6 is 15.9 Å². The Bertz CT molecular complexity index is 474. The zero-order valence-electron chi connectivity index (χ0n) is 13.8. The van der Waals surface area contributed by atoms with Crippen LogP contribution in [0.25, 0.3) is 0 Å². The molecule has 0 spiro atoms. The summed E-state index contributed by atoms with van der Waals surface area (Å²) < 4.78 is 1.15. The van der Waals surface area contributed by atoms with E-state index >= 15 is 0 Å². The first-order chi connectivity index (χ1) is 9.92. The van der Waals surface area contributed by atoms with E-state index in [1.54, 1.807) is 0 Å². The predicted molar refractivity (Wildman–Crippen MR) is 95.9 cm³/mol. The fourth-order valence-corrected chi connectivity index (χ4v) is 3.87. The van der Waals surface area contributed by atoms with Crippen LogP contribution in [0.15, 0.2) is 22.7 Å². The summed E-state index contributed by atoms with van der Waals surface area (Å²) in [5.74, 6) is 1.50. The zero-order chi connectivity index (χ0) is 15.6. The van der Waals surface area contributed by atoms with Gasteiger partial charge in [-0.3, -0.25) is 0 Å². The van der Waals surface area contributed by atoms with Gasteiger partial charge in [0.2, 0.25) is 0 Å². The van der Waals surface area contributed by atoms with Crippen molar-refractivity contribution >= 4 is 21.6 Å². The van der Waals surface area contributed by atoms with Crippen LogP contribution in [0.1, 0.15) is 46.1 Å². The molecule has 0 amide bonds. The molecule has 1 saturated heterocycles. The van der Waals surface area contributed by atoms with Gasteiger partial charge in [0, 0.05) is 28.8 Å². The van der Waals surface area contributed by atoms with Crippen LogP contribution in [0, 0.1) is 11.8 Å². The number of anilines is 1. The van der Waals surface area contributed by atoms with Crippen LogP contribution in [-0.4, -0.2) is 18.6 Å². The Kier molecular flexibility index (Phi) is 5.73. The summed E-state index contributed by atoms with van der Waals surface area (Å²) in [7, 11) is 0. The molecule has 1 heterocycles. The molecule has 1 aliphatic heterocycles. The molecule has 4 unspecified atom stereocenters. The van der Waals surface area contributed by atoms with E-state index in [1.807, 2.05) is 0 Å². The van der Waals surface area contributed by atoms with Gasteiger partial charge in [-0.25, -0.2) is 0 Å². The van der Waals surface area contributed by atoms with Gasteiger partial charge in [-0.05, 0) is 61.8 Å². The molecule has 0 radical (unpaired) electrons. The number of hydrogen-bond donors (Lipinski definition) is 1. The lowest BCUT2D eigenvalue weighted by molar-refractivity contribution is 0.296. The van der Waals surface area contributed by atoms with Gasteiger partial charge in [-0.1, -0.05) is 36.7 Å². The molecule has 0 bridgehead atoms. The summed E-state index contributed by atoms with van der Waals surface area (Å²) in [4.78, 5) is 2.60. The Hall–Kier alpha value is -0.540. The second kappa shape index (κ2) is 7.15. The van der Waals surface area contributed by atoms with Gasteiger partial charge in [0.1, 0.15) is 0 Å². The van der Waals surface area contributed by atoms with Gasteiger partial charge in [-0.15, -0.1) is 0 Å². The number of rotatable bonds is 4. The van der Waals surface area contributed by atoms with Crippen molar-refractivity contribution in [3.8, 4) is 0 Å². The summed E-state index contributed by atoms with van der Waals surface area (Å²) in [5, 5.41) is 0. The van der Waals surface area contributed by atoms with E-state index in [0.717, 1.165) is 35.7 Å². The molecular formula is C18H29BrN2. The van der Waals surface area contributed by atoms with Crippen LogP contribution in [0.2, 0.25) is 0 Å². The molecule has 1 aromatic rings. The van der Waals surface area contributed by atoms with E-state index < -0.39 is 0 Å². The van der Waals surface area contributed by atoms with Crippen molar-refractivity contribution in [2.24, 2.45) is 17.6 Å². The Labute approximate surface area is 138 Å². The molecule has 21 heavy (non-hydrogen) atoms. The molecule has 3 heteroatoms. The molecule has 4 atom stereocenters. The molecule has 0 aromatic heterocycles. The molecule has 1 aliphatic rings. The highest BCUT2D eigenvalue weighted by Gasteiger charge is 2.30. The number of nitrogens with two attached hydrogens (primary N) is 1. The summed E-state index contributed by atoms with van der Waals surface area (Å²) in [6.45, 7) is 10.4. The highest BCUT2D eigenvalue weighted by atomic mass is 79.9. The SMILES string of the molecule is CCC(N)Cc1cc(Br)ccc1N1CC(C)CC(C)C1C. The number of nitrogens with zero attached hydrogens (tertiary/aromatic N) is 1. The number of piperidine rings is 1. The third-order valence-corrected chi connectivity index (χ3v) is 5.45. The van der Waals surface area contributed by atoms with Crippen LogP contribution in [0.3, 0.4) is 0 Å². The van der Waals surface area contributed by atoms with E-state index in [2.05, 4.69) is 66.7 Å². The van der Waals surface area contributed by atoms with Crippen molar-refractivity contribution in [2.75, 3.05) is 11.4 Å². The minimum absolute atomic E-state index is 0.244. The quantitative estimate of drug-likeness (QED) is 0.857. The molecule has 118 valence electrons. The third-order valence-electron chi connectivity index (χ3n) is 4.96. The first kappa shape index (κ1) is 16.8. The summed E-state index contributed by atoms with van der Waals surface area (Å²) >= 11 is 3.61. The molecule has 1 aromatic carbocycles. The molecular weight excluding hydrogens is 324 g/mol. The fraction of sp³-hybridized carbons (Fsp3) is 0.667. The summed E-state index contributed by atoms with van der Waals surface area (Å²) in [6.07, 6.45) is 3.31. The molecule has 2 nitrogen and oxygen atoms in total. The lowest BCUT2D eigenvalue weighted by Crippen LogP contribution is -2.46. The Morgan fingerprint density at radius 3 is 2.71 bits per heavy atom. The van der Waals surface area contributed by atoms with Gasteiger partial charge in [-0.2, -0.15) is 0 Å². The predicted octanol–water partition coefficient (Wildman–Crippen LogP) is 4.60. The molecule has 0 aliphatic carbocycles. The van der Waals surface area contributed by atoms with Crippen molar-refractivity contribution < 1.29 is 0 Å². The number of benzene rings is 1. The van der Waals surface area contributed by atoms with Gasteiger partial charge in [0.05, 0.1) is 0 Å². The van der Waals surface area contributed by atoms with E-state index in [4.69, 9.17) is 5.73 Å². The van der Waals surface area contributed by atoms with Crippen molar-refractivity contribution in [1.82, 2.24) is 0 Å². The third kappa shape index (κ3) is 4.01. The Morgan fingerprint density at radius 1 is 1.33 bits per heavy atom. The van der Waals surface area contributed by atoms with Crippen molar-refractivity contribution in [2.45, 2.75) is 59.0 Å². The highest BCUT2D eigenvalue weighted by molar-refractivity contribution is 9.10. The normalized spacial score (nSPS) is 27.7. The standard InChI is InChI=1S/C18H29BrN2/c1-5-17(20)10-15-9-16(19)6-7-18(15)21-11-12(2)8-13(3)14(21)4/h6-7,9,12-14,17H,5,8,10-11,20H2,1-4H3. The average Bonchev–Trinajstić information content (AvgIpc) is 2.43. The van der Waals surface area contributed by atoms with Gasteiger partial charge in [0.25, 0.3) is 0 Å². The number of hydrogen-bond acceptors (Lipinski definition) is 2. The van der Waals surface area contributed by atoms with Gasteiger partial charge < -0.3 is 10.6 Å². The van der Waals surface area contributed by atoms with Crippen LogP contribution in [0.5, 0.6) is 0 Å². The molecule has 1 fully saturated rings. The average molecular weight is 353 g/mol. The minimum atomic E-state index is 0.244. The van der Waals surface area contributed by atoms with Gasteiger partial charge >= 0.3 is 0 Å². The van der Waals surface area contributed by atoms with E-state index in [0.29, 0.717) is 6.04 Å². The van der Waals surface area contributed by atoms with Crippen LogP contribution in [-0.2, 0) is 6.42 Å². The number of halogens is 1. The van der Waals surface area contributed by atoms with Crippen LogP contribution < -0.4 is 10.6 Å². The molecule has 2 rings (SSSR count). The maximum Gasteiger partial charge on any atom is 0.0402 e. The molecule has 0 saturated carbocycles. The Balaban J connectivity index is 2.33. The second-order valence-corrected chi connectivity index (χ2v) is 7.77. The van der Waals surface area contributed by atoms with E-state index in [1.165, 1.54) is 17.7 Å². The monoisotopic (exact) mass is 352 g/mol. The lowest BCUT2D eigenvalue weighted by atomic mass is 9.85. The summed E-state index contributed by atoms with van der Waals surface area (Å²) in [5.41, 5.74) is 8.97. The first-order valence-electron chi connectivity index (χ1n) is 8.23. The largest absolute Gasteiger partial charge is 0.368 e. The van der Waals surface area contributed by atoms with Crippen molar-refractivity contribution in [3.05, 3.63) is 28.2 Å². The first-order valence-corrected chi connectivity index (χ1v) is 9.02. The van der Waals surface area contributed by atoms with Crippen molar-refractivity contribution in [3.63, 3.8) is 0 Å². The maximum absolute atomic E-state index is 6.21. The van der Waals surface area contributed by atoms with E-state index in [-0.39, 0.29) is 6.04 Å².